The van der Waals surface area contributed by atoms with Crippen LogP contribution >= 0.6 is 0 Å². The molecule has 1 aromatic heterocycles. The number of carboxylic acids is 1. The zero-order valence-corrected chi connectivity index (χ0v) is 20.9. The third-order valence-corrected chi connectivity index (χ3v) is 6.11. The molecule has 1 amide bonds. The molecule has 37 heavy (non-hydrogen) atoms. The summed E-state index contributed by atoms with van der Waals surface area (Å²) < 4.78 is 37.0. The minimum absolute atomic E-state index is 0.0430. The van der Waals surface area contributed by atoms with E-state index in [1.165, 1.54) is 30.5 Å². The Morgan fingerprint density at radius 1 is 0.865 bits per heavy atom. The lowest BCUT2D eigenvalue weighted by atomic mass is 10.2. The fourth-order valence-corrected chi connectivity index (χ4v) is 3.94. The quantitative estimate of drug-likeness (QED) is 0.236. The Bertz CT molecular complexity index is 1150. The largest absolute Gasteiger partial charge is 0.480 e. The number of amides is 1. The second-order valence-electron chi connectivity index (χ2n) is 7.82. The SMILES string of the molecule is O=C(O)COCCCC(=O)COCCCC(=O)CNC(=O)c1ccc(NS(=O)(=O)c2ccccc2)nc1. The Labute approximate surface area is 214 Å². The number of hydrogen-bond donors (Lipinski definition) is 3. The smallest absolute Gasteiger partial charge is 0.329 e. The summed E-state index contributed by atoms with van der Waals surface area (Å²) in [7, 11) is -3.80. The highest BCUT2D eigenvalue weighted by Gasteiger charge is 2.15. The van der Waals surface area contributed by atoms with E-state index in [2.05, 4.69) is 15.0 Å². The molecule has 3 N–H and O–H groups in total. The fraction of sp³-hybridized carbons (Fsp3) is 0.375. The number of benzene rings is 1. The Balaban J connectivity index is 1.61. The summed E-state index contributed by atoms with van der Waals surface area (Å²) >= 11 is 0. The minimum atomic E-state index is -3.80. The Kier molecular flexibility index (Phi) is 12.3. The number of aromatic nitrogens is 1. The first-order valence-corrected chi connectivity index (χ1v) is 12.9. The molecule has 2 rings (SSSR count). The van der Waals surface area contributed by atoms with Crippen LogP contribution < -0.4 is 10.0 Å². The molecule has 0 aliphatic rings. The zero-order chi connectivity index (χ0) is 27.1. The molecule has 0 saturated heterocycles. The van der Waals surface area contributed by atoms with Gasteiger partial charge in [0.15, 0.2) is 11.6 Å². The number of aliphatic carboxylic acids is 1. The van der Waals surface area contributed by atoms with Crippen LogP contribution in [0.15, 0.2) is 53.6 Å². The number of sulfonamides is 1. The Morgan fingerprint density at radius 2 is 1.51 bits per heavy atom. The molecule has 0 spiro atoms. The average Bonchev–Trinajstić information content (AvgIpc) is 2.87. The summed E-state index contributed by atoms with van der Waals surface area (Å²) in [6, 6.07) is 10.5. The van der Waals surface area contributed by atoms with Gasteiger partial charge in [-0.25, -0.2) is 18.2 Å². The lowest BCUT2D eigenvalue weighted by Gasteiger charge is -2.08. The van der Waals surface area contributed by atoms with Gasteiger partial charge in [0.2, 0.25) is 0 Å². The van der Waals surface area contributed by atoms with Crippen molar-refractivity contribution in [2.24, 2.45) is 0 Å². The maximum atomic E-state index is 12.3. The highest BCUT2D eigenvalue weighted by Crippen LogP contribution is 2.14. The maximum absolute atomic E-state index is 12.3. The van der Waals surface area contributed by atoms with Gasteiger partial charge in [0, 0.05) is 32.3 Å². The van der Waals surface area contributed by atoms with Gasteiger partial charge in [-0.1, -0.05) is 18.2 Å². The van der Waals surface area contributed by atoms with Gasteiger partial charge in [0.1, 0.15) is 19.0 Å². The van der Waals surface area contributed by atoms with Crippen molar-refractivity contribution in [2.75, 3.05) is 37.7 Å². The number of rotatable bonds is 18. The number of hydrogen-bond acceptors (Lipinski definition) is 9. The fourth-order valence-electron chi connectivity index (χ4n) is 2.91. The monoisotopic (exact) mass is 535 g/mol. The maximum Gasteiger partial charge on any atom is 0.329 e. The summed E-state index contributed by atoms with van der Waals surface area (Å²) in [4.78, 5) is 50.2. The molecule has 0 unspecified atom stereocenters. The van der Waals surface area contributed by atoms with Crippen molar-refractivity contribution in [1.82, 2.24) is 10.3 Å². The van der Waals surface area contributed by atoms with E-state index in [0.717, 1.165) is 0 Å². The van der Waals surface area contributed by atoms with Gasteiger partial charge in [-0.05, 0) is 37.1 Å². The summed E-state index contributed by atoms with van der Waals surface area (Å²) in [6.45, 7) is -0.330. The van der Waals surface area contributed by atoms with E-state index >= 15 is 0 Å². The van der Waals surface area contributed by atoms with Gasteiger partial charge in [-0.15, -0.1) is 0 Å². The third-order valence-electron chi connectivity index (χ3n) is 4.74. The highest BCUT2D eigenvalue weighted by molar-refractivity contribution is 7.92. The van der Waals surface area contributed by atoms with E-state index in [1.54, 1.807) is 18.2 Å². The molecule has 0 fully saturated rings. The second kappa shape index (κ2) is 15.4. The van der Waals surface area contributed by atoms with Crippen LogP contribution in [0.4, 0.5) is 5.82 Å². The molecule has 1 heterocycles. The molecule has 0 aliphatic carbocycles. The number of nitrogens with zero attached hydrogens (tertiary/aromatic N) is 1. The summed E-state index contributed by atoms with van der Waals surface area (Å²) in [6.07, 6.45) is 2.33. The van der Waals surface area contributed by atoms with E-state index in [9.17, 15) is 27.6 Å². The lowest BCUT2D eigenvalue weighted by Crippen LogP contribution is -2.29. The van der Waals surface area contributed by atoms with Crippen molar-refractivity contribution in [3.05, 3.63) is 54.2 Å². The number of carbonyl (C=O) groups excluding carboxylic acids is 3. The number of ether oxygens (including phenoxy) is 2. The molecule has 1 aromatic carbocycles. The lowest BCUT2D eigenvalue weighted by molar-refractivity contribution is -0.142. The molecule has 12 nitrogen and oxygen atoms in total. The number of nitrogens with one attached hydrogen (secondary N) is 2. The third kappa shape index (κ3) is 11.7. The van der Waals surface area contributed by atoms with Crippen molar-refractivity contribution in [3.8, 4) is 0 Å². The first-order chi connectivity index (χ1) is 17.7. The minimum Gasteiger partial charge on any atom is -0.480 e. The number of anilines is 1. The van der Waals surface area contributed by atoms with Crippen molar-refractivity contribution < 1.29 is 42.2 Å². The molecule has 0 bridgehead atoms. The summed E-state index contributed by atoms with van der Waals surface area (Å²) in [5.41, 5.74) is 0.158. The first kappa shape index (κ1) is 29.5. The van der Waals surface area contributed by atoms with E-state index in [-0.39, 0.29) is 67.1 Å². The van der Waals surface area contributed by atoms with Crippen molar-refractivity contribution in [3.63, 3.8) is 0 Å². The molecule has 0 saturated carbocycles. The van der Waals surface area contributed by atoms with Crippen LogP contribution in [0.1, 0.15) is 36.0 Å². The van der Waals surface area contributed by atoms with Crippen LogP contribution in [-0.2, 0) is 33.9 Å². The predicted molar refractivity (Wildman–Crippen MR) is 132 cm³/mol. The standard InChI is InChI=1S/C24H29N3O9S/c28-19(6-4-12-35-16-20(29)7-5-13-36-17-23(30)31)15-26-24(32)18-10-11-22(25-14-18)27-37(33,34)21-8-2-1-3-9-21/h1-3,8-11,14H,4-7,12-13,15-17H2,(H,25,27)(H,26,32)(H,30,31). The van der Waals surface area contributed by atoms with Gasteiger partial charge in [0.25, 0.3) is 15.9 Å². The molecule has 200 valence electrons. The highest BCUT2D eigenvalue weighted by atomic mass is 32.2. The summed E-state index contributed by atoms with van der Waals surface area (Å²) in [5, 5.41) is 10.9. The zero-order valence-electron chi connectivity index (χ0n) is 20.1. The Morgan fingerprint density at radius 3 is 2.14 bits per heavy atom. The molecular formula is C24H29N3O9S. The van der Waals surface area contributed by atoms with Crippen LogP contribution in [0.2, 0.25) is 0 Å². The molecule has 2 aromatic rings. The van der Waals surface area contributed by atoms with Gasteiger partial charge in [-0.3, -0.25) is 19.1 Å². The summed E-state index contributed by atoms with van der Waals surface area (Å²) in [5.74, 6) is -1.93. The predicted octanol–water partition coefficient (Wildman–Crippen LogP) is 1.43. The number of Topliss-reactive ketones (excluding diaryl/α,β-unsaturated/α-hetero) is 2. The average molecular weight is 536 g/mol. The number of pyridine rings is 1. The Hall–Kier alpha value is -3.68. The van der Waals surface area contributed by atoms with Crippen LogP contribution in [0, 0.1) is 0 Å². The normalized spacial score (nSPS) is 11.0. The van der Waals surface area contributed by atoms with Crippen molar-refractivity contribution in [2.45, 2.75) is 30.6 Å². The van der Waals surface area contributed by atoms with Crippen LogP contribution in [-0.4, -0.2) is 74.9 Å². The van der Waals surface area contributed by atoms with E-state index in [1.807, 2.05) is 0 Å². The van der Waals surface area contributed by atoms with Gasteiger partial charge < -0.3 is 19.9 Å². The number of carboxylic acid groups (broad SMARTS) is 1. The van der Waals surface area contributed by atoms with Crippen LogP contribution in [0.5, 0.6) is 0 Å². The topological polar surface area (TPSA) is 178 Å². The van der Waals surface area contributed by atoms with Gasteiger partial charge in [-0.2, -0.15) is 0 Å². The second-order valence-corrected chi connectivity index (χ2v) is 9.50. The molecule has 13 heteroatoms. The molecule has 0 radical (unpaired) electrons. The first-order valence-electron chi connectivity index (χ1n) is 11.4. The molecule has 0 aliphatic heterocycles. The van der Waals surface area contributed by atoms with Crippen LogP contribution in [0.25, 0.3) is 0 Å². The van der Waals surface area contributed by atoms with E-state index < -0.39 is 28.5 Å². The van der Waals surface area contributed by atoms with E-state index in [0.29, 0.717) is 12.8 Å². The van der Waals surface area contributed by atoms with Gasteiger partial charge >= 0.3 is 5.97 Å². The molecular weight excluding hydrogens is 506 g/mol. The van der Waals surface area contributed by atoms with Gasteiger partial charge in [0.05, 0.1) is 17.0 Å². The number of carbonyl (C=O) groups is 4. The number of ketones is 2. The van der Waals surface area contributed by atoms with Crippen molar-refractivity contribution >= 4 is 39.3 Å². The van der Waals surface area contributed by atoms with Crippen molar-refractivity contribution in [1.29, 1.82) is 0 Å². The van der Waals surface area contributed by atoms with E-state index in [4.69, 9.17) is 14.6 Å². The van der Waals surface area contributed by atoms with Crippen LogP contribution in [0.3, 0.4) is 0 Å². The molecule has 0 atom stereocenters.